The molecule has 1 aromatic carbocycles. The molecule has 20 heavy (non-hydrogen) atoms. The van der Waals surface area contributed by atoms with E-state index in [1.807, 2.05) is 0 Å². The van der Waals surface area contributed by atoms with Crippen LogP contribution in [0.15, 0.2) is 22.7 Å². The number of piperidine rings is 1. The molecule has 2 nitrogen and oxygen atoms in total. The van der Waals surface area contributed by atoms with Crippen LogP contribution in [0.5, 0.6) is 0 Å². The lowest BCUT2D eigenvalue weighted by atomic mass is 10.0. The second kappa shape index (κ2) is 5.34. The van der Waals surface area contributed by atoms with E-state index >= 15 is 0 Å². The van der Waals surface area contributed by atoms with E-state index in [1.54, 1.807) is 0 Å². The SMILES string of the molecule is CC(C)(C)NCc1ccc(Br)cc1N1CC2CCC1C2. The molecule has 0 aromatic heterocycles. The van der Waals surface area contributed by atoms with Crippen LogP contribution in [0, 0.1) is 5.92 Å². The quantitative estimate of drug-likeness (QED) is 0.883. The van der Waals surface area contributed by atoms with Crippen LogP contribution in [0.2, 0.25) is 0 Å². The second-order valence-corrected chi connectivity index (χ2v) is 8.28. The number of nitrogens with one attached hydrogen (secondary N) is 1. The van der Waals surface area contributed by atoms with Crippen molar-refractivity contribution in [2.75, 3.05) is 11.4 Å². The molecule has 1 N–H and O–H groups in total. The smallest absolute Gasteiger partial charge is 0.0425 e. The van der Waals surface area contributed by atoms with Gasteiger partial charge in [0.1, 0.15) is 0 Å². The minimum Gasteiger partial charge on any atom is -0.368 e. The van der Waals surface area contributed by atoms with Crippen molar-refractivity contribution < 1.29 is 0 Å². The van der Waals surface area contributed by atoms with Crippen molar-refractivity contribution in [1.82, 2.24) is 5.32 Å². The topological polar surface area (TPSA) is 15.3 Å². The zero-order valence-corrected chi connectivity index (χ0v) is 14.3. The molecular weight excluding hydrogens is 312 g/mol. The van der Waals surface area contributed by atoms with Gasteiger partial charge in [0.25, 0.3) is 0 Å². The summed E-state index contributed by atoms with van der Waals surface area (Å²) < 4.78 is 1.19. The van der Waals surface area contributed by atoms with E-state index in [9.17, 15) is 0 Å². The molecule has 1 aromatic rings. The Balaban J connectivity index is 1.83. The molecule has 0 radical (unpaired) electrons. The molecule has 0 amide bonds. The van der Waals surface area contributed by atoms with Crippen LogP contribution < -0.4 is 10.2 Å². The van der Waals surface area contributed by atoms with Crippen LogP contribution >= 0.6 is 15.9 Å². The molecule has 2 fully saturated rings. The van der Waals surface area contributed by atoms with E-state index < -0.39 is 0 Å². The van der Waals surface area contributed by atoms with Crippen LogP contribution in [0.1, 0.15) is 45.6 Å². The van der Waals surface area contributed by atoms with Crippen molar-refractivity contribution in [3.05, 3.63) is 28.2 Å². The van der Waals surface area contributed by atoms with Crippen molar-refractivity contribution in [2.24, 2.45) is 5.92 Å². The zero-order valence-electron chi connectivity index (χ0n) is 12.7. The summed E-state index contributed by atoms with van der Waals surface area (Å²) in [5.41, 5.74) is 3.02. The van der Waals surface area contributed by atoms with Gasteiger partial charge in [-0.1, -0.05) is 22.0 Å². The van der Waals surface area contributed by atoms with Gasteiger partial charge in [-0.05, 0) is 63.6 Å². The average molecular weight is 337 g/mol. The summed E-state index contributed by atoms with van der Waals surface area (Å²) in [6, 6.07) is 7.52. The Hall–Kier alpha value is -0.540. The molecule has 2 aliphatic rings. The number of nitrogens with zero attached hydrogens (tertiary/aromatic N) is 1. The van der Waals surface area contributed by atoms with Crippen LogP contribution in [-0.4, -0.2) is 18.1 Å². The lowest BCUT2D eigenvalue weighted by Crippen LogP contribution is -2.37. The Labute approximate surface area is 131 Å². The van der Waals surface area contributed by atoms with Gasteiger partial charge in [-0.3, -0.25) is 0 Å². The number of hydrogen-bond donors (Lipinski definition) is 1. The summed E-state index contributed by atoms with van der Waals surface area (Å²) in [5.74, 6) is 0.933. The molecule has 110 valence electrons. The van der Waals surface area contributed by atoms with Gasteiger partial charge in [-0.15, -0.1) is 0 Å². The van der Waals surface area contributed by atoms with Crippen molar-refractivity contribution in [1.29, 1.82) is 0 Å². The third kappa shape index (κ3) is 3.04. The number of hydrogen-bond acceptors (Lipinski definition) is 2. The summed E-state index contributed by atoms with van der Waals surface area (Å²) in [6.45, 7) is 8.87. The van der Waals surface area contributed by atoms with Gasteiger partial charge < -0.3 is 10.2 Å². The van der Waals surface area contributed by atoms with Crippen molar-refractivity contribution in [3.8, 4) is 0 Å². The Morgan fingerprint density at radius 3 is 2.70 bits per heavy atom. The molecule has 3 heteroatoms. The van der Waals surface area contributed by atoms with Crippen molar-refractivity contribution >= 4 is 21.6 Å². The van der Waals surface area contributed by atoms with E-state index in [-0.39, 0.29) is 5.54 Å². The Morgan fingerprint density at radius 1 is 1.30 bits per heavy atom. The Bertz CT molecular complexity index is 492. The highest BCUT2D eigenvalue weighted by Crippen LogP contribution is 2.41. The first-order valence-electron chi connectivity index (χ1n) is 7.72. The fourth-order valence-electron chi connectivity index (χ4n) is 3.53. The van der Waals surface area contributed by atoms with Gasteiger partial charge in [0.2, 0.25) is 0 Å². The third-order valence-electron chi connectivity index (χ3n) is 4.58. The van der Waals surface area contributed by atoms with E-state index in [4.69, 9.17) is 0 Å². The lowest BCUT2D eigenvalue weighted by Gasteiger charge is -2.32. The lowest BCUT2D eigenvalue weighted by molar-refractivity contribution is 0.424. The Kier molecular flexibility index (Phi) is 3.85. The standard InChI is InChI=1S/C17H25BrN2/c1-17(2,3)19-10-13-5-6-14(18)9-16(13)20-11-12-4-7-15(20)8-12/h5-6,9,12,15,19H,4,7-8,10-11H2,1-3H3. The first-order chi connectivity index (χ1) is 9.42. The molecule has 1 aliphatic carbocycles. The molecule has 1 saturated carbocycles. The van der Waals surface area contributed by atoms with Gasteiger partial charge in [0.05, 0.1) is 0 Å². The predicted octanol–water partition coefficient (Wildman–Crippen LogP) is 4.33. The third-order valence-corrected chi connectivity index (χ3v) is 5.07. The monoisotopic (exact) mass is 336 g/mol. The predicted molar refractivity (Wildman–Crippen MR) is 89.2 cm³/mol. The van der Waals surface area contributed by atoms with Crippen molar-refractivity contribution in [3.63, 3.8) is 0 Å². The largest absolute Gasteiger partial charge is 0.368 e. The summed E-state index contributed by atoms with van der Waals surface area (Å²) in [7, 11) is 0. The first kappa shape index (κ1) is 14.4. The highest BCUT2D eigenvalue weighted by Gasteiger charge is 2.38. The molecule has 2 atom stereocenters. The zero-order chi connectivity index (χ0) is 14.3. The van der Waals surface area contributed by atoms with E-state index in [1.165, 1.54) is 41.5 Å². The number of anilines is 1. The van der Waals surface area contributed by atoms with Crippen LogP contribution in [0.25, 0.3) is 0 Å². The Morgan fingerprint density at radius 2 is 2.10 bits per heavy atom. The van der Waals surface area contributed by atoms with Gasteiger partial charge in [0.15, 0.2) is 0 Å². The average Bonchev–Trinajstić information content (AvgIpc) is 2.98. The summed E-state index contributed by atoms with van der Waals surface area (Å²) in [5, 5.41) is 3.62. The summed E-state index contributed by atoms with van der Waals surface area (Å²) in [6.07, 6.45) is 4.21. The van der Waals surface area contributed by atoms with Gasteiger partial charge >= 0.3 is 0 Å². The highest BCUT2D eigenvalue weighted by molar-refractivity contribution is 9.10. The summed E-state index contributed by atoms with van der Waals surface area (Å²) >= 11 is 3.64. The van der Waals surface area contributed by atoms with E-state index in [2.05, 4.69) is 65.1 Å². The van der Waals surface area contributed by atoms with Gasteiger partial charge in [-0.2, -0.15) is 0 Å². The van der Waals surface area contributed by atoms with Crippen molar-refractivity contribution in [2.45, 2.75) is 58.2 Å². The van der Waals surface area contributed by atoms with E-state index in [0.29, 0.717) is 0 Å². The molecular formula is C17H25BrN2. The summed E-state index contributed by atoms with van der Waals surface area (Å²) in [4.78, 5) is 2.65. The van der Waals surface area contributed by atoms with Crippen LogP contribution in [0.3, 0.4) is 0 Å². The van der Waals surface area contributed by atoms with Gasteiger partial charge in [-0.25, -0.2) is 0 Å². The maximum atomic E-state index is 3.64. The molecule has 2 bridgehead atoms. The molecule has 2 unspecified atom stereocenters. The molecule has 0 spiro atoms. The normalized spacial score (nSPS) is 25.5. The van der Waals surface area contributed by atoms with E-state index in [0.717, 1.165) is 18.5 Å². The first-order valence-corrected chi connectivity index (χ1v) is 8.52. The maximum absolute atomic E-state index is 3.64. The van der Waals surface area contributed by atoms with Crippen LogP contribution in [-0.2, 0) is 6.54 Å². The number of fused-ring (bicyclic) bond motifs is 2. The fourth-order valence-corrected chi connectivity index (χ4v) is 3.88. The molecule has 1 heterocycles. The highest BCUT2D eigenvalue weighted by atomic mass is 79.9. The minimum absolute atomic E-state index is 0.161. The second-order valence-electron chi connectivity index (χ2n) is 7.36. The fraction of sp³-hybridized carbons (Fsp3) is 0.647. The molecule has 1 aliphatic heterocycles. The maximum Gasteiger partial charge on any atom is 0.0425 e. The molecule has 3 rings (SSSR count). The van der Waals surface area contributed by atoms with Gasteiger partial charge in [0, 0.05) is 34.8 Å². The number of rotatable bonds is 3. The molecule has 1 saturated heterocycles. The number of benzene rings is 1. The van der Waals surface area contributed by atoms with Crippen LogP contribution in [0.4, 0.5) is 5.69 Å². The minimum atomic E-state index is 0.161. The number of halogens is 1.